The van der Waals surface area contributed by atoms with E-state index < -0.39 is 10.0 Å². The normalized spacial score (nSPS) is 13.6. The number of nitrogens with one attached hydrogen (secondary N) is 1. The third kappa shape index (κ3) is 4.69. The van der Waals surface area contributed by atoms with Gasteiger partial charge in [-0.2, -0.15) is 11.8 Å². The van der Waals surface area contributed by atoms with Gasteiger partial charge in [0.15, 0.2) is 0 Å². The Labute approximate surface area is 163 Å². The summed E-state index contributed by atoms with van der Waals surface area (Å²) in [7, 11) is -3.61. The summed E-state index contributed by atoms with van der Waals surface area (Å²) in [6.45, 7) is 2.34. The van der Waals surface area contributed by atoms with Crippen LogP contribution in [0.3, 0.4) is 0 Å². The topological polar surface area (TPSA) is 66.5 Å². The highest BCUT2D eigenvalue weighted by atomic mass is 32.2. The summed E-state index contributed by atoms with van der Waals surface area (Å²) in [4.78, 5) is 13.4. The second kappa shape index (κ2) is 8.41. The number of hydrogen-bond acceptors (Lipinski definition) is 4. The largest absolute Gasteiger partial charge is 0.312 e. The van der Waals surface area contributed by atoms with Gasteiger partial charge in [-0.25, -0.2) is 17.5 Å². The quantitative estimate of drug-likeness (QED) is 0.716. The van der Waals surface area contributed by atoms with Gasteiger partial charge >= 0.3 is 0 Å². The highest BCUT2D eigenvalue weighted by Gasteiger charge is 2.24. The van der Waals surface area contributed by atoms with E-state index in [-0.39, 0.29) is 23.2 Å². The number of nitrogens with zero attached hydrogens (tertiary/aromatic N) is 1. The second-order valence-corrected chi connectivity index (χ2v) is 9.13. The first-order valence-corrected chi connectivity index (χ1v) is 11.2. The summed E-state index contributed by atoms with van der Waals surface area (Å²) in [6, 6.07) is 11.4. The molecule has 0 atom stereocenters. The summed E-state index contributed by atoms with van der Waals surface area (Å²) < 4.78 is 41.1. The average molecular weight is 409 g/mol. The number of carbonyl (C=O) groups excluding carboxylic acids is 1. The summed E-state index contributed by atoms with van der Waals surface area (Å²) >= 11 is 1.47. The van der Waals surface area contributed by atoms with Crippen LogP contribution >= 0.6 is 11.8 Å². The molecule has 0 aliphatic carbocycles. The summed E-state index contributed by atoms with van der Waals surface area (Å²) in [5, 5.41) is 0. The number of fused-ring (bicyclic) bond motifs is 1. The van der Waals surface area contributed by atoms with Crippen molar-refractivity contribution in [2.24, 2.45) is 0 Å². The van der Waals surface area contributed by atoms with Gasteiger partial charge in [-0.1, -0.05) is 18.2 Å². The van der Waals surface area contributed by atoms with Gasteiger partial charge in [-0.15, -0.1) is 0 Å². The van der Waals surface area contributed by atoms with Crippen LogP contribution in [0.1, 0.15) is 18.1 Å². The van der Waals surface area contributed by atoms with E-state index in [1.165, 1.54) is 30.8 Å². The smallest absolute Gasteiger partial charge is 0.240 e. The van der Waals surface area contributed by atoms with Crippen molar-refractivity contribution in [3.63, 3.8) is 0 Å². The molecule has 1 amide bonds. The predicted octanol–water partition coefficient (Wildman–Crippen LogP) is 2.95. The molecule has 0 bridgehead atoms. The van der Waals surface area contributed by atoms with E-state index >= 15 is 0 Å². The van der Waals surface area contributed by atoms with Crippen molar-refractivity contribution < 1.29 is 17.6 Å². The fourth-order valence-electron chi connectivity index (χ4n) is 3.00. The van der Waals surface area contributed by atoms with Crippen LogP contribution < -0.4 is 9.62 Å². The number of hydrogen-bond donors (Lipinski definition) is 1. The average Bonchev–Trinajstić information content (AvgIpc) is 3.06. The molecule has 1 heterocycles. The maximum absolute atomic E-state index is 13.5. The molecule has 8 heteroatoms. The molecule has 0 unspecified atom stereocenters. The minimum absolute atomic E-state index is 0.0469. The summed E-state index contributed by atoms with van der Waals surface area (Å²) in [6.07, 6.45) is 0.650. The number of thioether (sulfide) groups is 1. The maximum atomic E-state index is 13.5. The Morgan fingerprint density at radius 3 is 2.78 bits per heavy atom. The van der Waals surface area contributed by atoms with E-state index in [4.69, 9.17) is 0 Å². The van der Waals surface area contributed by atoms with Gasteiger partial charge in [0.25, 0.3) is 0 Å². The Hall–Kier alpha value is -1.90. The minimum atomic E-state index is -3.61. The van der Waals surface area contributed by atoms with Crippen molar-refractivity contribution in [3.05, 3.63) is 59.4 Å². The fourth-order valence-corrected chi connectivity index (χ4v) is 5.06. The Kier molecular flexibility index (Phi) is 6.18. The first-order valence-electron chi connectivity index (χ1n) is 8.60. The molecule has 3 rings (SSSR count). The molecule has 27 heavy (non-hydrogen) atoms. The first-order chi connectivity index (χ1) is 12.9. The fraction of sp³-hybridized carbons (Fsp3) is 0.316. The van der Waals surface area contributed by atoms with Crippen LogP contribution in [0.5, 0.6) is 0 Å². The highest BCUT2D eigenvalue weighted by molar-refractivity contribution is 7.98. The lowest BCUT2D eigenvalue weighted by atomic mass is 10.2. The van der Waals surface area contributed by atoms with Crippen LogP contribution in [0, 0.1) is 5.82 Å². The number of amides is 1. The molecule has 1 aliphatic rings. The number of anilines is 1. The zero-order valence-corrected chi connectivity index (χ0v) is 16.6. The zero-order valence-electron chi connectivity index (χ0n) is 14.9. The van der Waals surface area contributed by atoms with Crippen LogP contribution in [0.15, 0.2) is 47.4 Å². The molecule has 0 aromatic heterocycles. The molecule has 0 spiro atoms. The molecule has 5 nitrogen and oxygen atoms in total. The summed E-state index contributed by atoms with van der Waals surface area (Å²) in [5.74, 6) is 0.739. The maximum Gasteiger partial charge on any atom is 0.240 e. The Bertz CT molecular complexity index is 948. The monoisotopic (exact) mass is 408 g/mol. The predicted molar refractivity (Wildman–Crippen MR) is 106 cm³/mol. The molecule has 2 aromatic rings. The number of halogens is 1. The number of carbonyl (C=O) groups is 1. The van der Waals surface area contributed by atoms with Crippen LogP contribution in [0.4, 0.5) is 10.1 Å². The van der Waals surface area contributed by atoms with Crippen molar-refractivity contribution in [2.75, 3.05) is 23.7 Å². The van der Waals surface area contributed by atoms with Gasteiger partial charge in [-0.3, -0.25) is 4.79 Å². The highest BCUT2D eigenvalue weighted by Crippen LogP contribution is 2.30. The SMILES string of the molecule is CC(=O)N1CCc2cc(S(=O)(=O)NCCSCc3ccccc3F)ccc21. The molecule has 0 saturated carbocycles. The lowest BCUT2D eigenvalue weighted by Gasteiger charge is -2.15. The van der Waals surface area contributed by atoms with E-state index in [9.17, 15) is 17.6 Å². The molecule has 2 aromatic carbocycles. The third-order valence-corrected chi connectivity index (χ3v) is 6.86. The van der Waals surface area contributed by atoms with E-state index in [1.54, 1.807) is 35.2 Å². The Balaban J connectivity index is 1.55. The lowest BCUT2D eigenvalue weighted by molar-refractivity contribution is -0.116. The van der Waals surface area contributed by atoms with E-state index in [2.05, 4.69) is 4.72 Å². The Morgan fingerprint density at radius 2 is 2.04 bits per heavy atom. The van der Waals surface area contributed by atoms with Crippen molar-refractivity contribution in [2.45, 2.75) is 24.0 Å². The molecular formula is C19H21FN2O3S2. The van der Waals surface area contributed by atoms with Gasteiger partial charge in [-0.05, 0) is 41.8 Å². The molecule has 1 aliphatic heterocycles. The number of benzene rings is 2. The van der Waals surface area contributed by atoms with Crippen LogP contribution in [-0.4, -0.2) is 33.2 Å². The van der Waals surface area contributed by atoms with Gasteiger partial charge in [0, 0.05) is 37.2 Å². The molecule has 0 fully saturated rings. The summed E-state index contributed by atoms with van der Waals surface area (Å²) in [5.41, 5.74) is 2.25. The van der Waals surface area contributed by atoms with Crippen molar-refractivity contribution in [1.29, 1.82) is 0 Å². The Morgan fingerprint density at radius 1 is 1.26 bits per heavy atom. The molecule has 144 valence electrons. The van der Waals surface area contributed by atoms with Gasteiger partial charge < -0.3 is 4.90 Å². The van der Waals surface area contributed by atoms with Gasteiger partial charge in [0.05, 0.1) is 4.90 Å². The molecule has 1 N–H and O–H groups in total. The number of rotatable bonds is 7. The number of sulfonamides is 1. The van der Waals surface area contributed by atoms with Crippen LogP contribution in [-0.2, 0) is 27.0 Å². The molecular weight excluding hydrogens is 387 g/mol. The van der Waals surface area contributed by atoms with Crippen molar-refractivity contribution >= 4 is 33.4 Å². The molecule has 0 saturated heterocycles. The molecule has 0 radical (unpaired) electrons. The minimum Gasteiger partial charge on any atom is -0.312 e. The van der Waals surface area contributed by atoms with Crippen LogP contribution in [0.25, 0.3) is 0 Å². The second-order valence-electron chi connectivity index (χ2n) is 6.25. The first kappa shape index (κ1) is 19.9. The van der Waals surface area contributed by atoms with Gasteiger partial charge in [0.2, 0.25) is 15.9 Å². The van der Waals surface area contributed by atoms with Crippen molar-refractivity contribution in [1.82, 2.24) is 4.72 Å². The van der Waals surface area contributed by atoms with Crippen LogP contribution in [0.2, 0.25) is 0 Å². The van der Waals surface area contributed by atoms with Gasteiger partial charge in [0.1, 0.15) is 5.82 Å². The third-order valence-electron chi connectivity index (χ3n) is 4.39. The van der Waals surface area contributed by atoms with E-state index in [1.807, 2.05) is 0 Å². The standard InChI is InChI=1S/C19H21FN2O3S2/c1-14(23)22-10-8-15-12-17(6-7-19(15)22)27(24,25)21-9-11-26-13-16-4-2-3-5-18(16)20/h2-7,12,21H,8-11,13H2,1H3. The zero-order chi connectivity index (χ0) is 19.4. The lowest BCUT2D eigenvalue weighted by Crippen LogP contribution is -2.26. The van der Waals surface area contributed by atoms with E-state index in [0.717, 1.165) is 11.3 Å². The van der Waals surface area contributed by atoms with Crippen molar-refractivity contribution in [3.8, 4) is 0 Å². The van der Waals surface area contributed by atoms with E-state index in [0.29, 0.717) is 30.0 Å².